The van der Waals surface area contributed by atoms with Crippen LogP contribution >= 0.6 is 0 Å². The number of nitrogens with one attached hydrogen (secondary N) is 1. The maximum absolute atomic E-state index is 11.1. The van der Waals surface area contributed by atoms with E-state index in [-0.39, 0.29) is 0 Å². The number of benzene rings is 1. The topological polar surface area (TPSA) is 40.0 Å². The van der Waals surface area contributed by atoms with E-state index in [1.807, 2.05) is 6.07 Å². The smallest absolute Gasteiger partial charge is 0.171 e. The third-order valence-electron chi connectivity index (χ3n) is 4.39. The molecule has 4 heteroatoms. The molecule has 1 aromatic carbocycles. The molecule has 2 rings (SSSR count). The number of hydrogen-bond acceptors (Lipinski definition) is 3. The summed E-state index contributed by atoms with van der Waals surface area (Å²) >= 11 is 0. The van der Waals surface area contributed by atoms with Gasteiger partial charge in [0.2, 0.25) is 0 Å². The molecule has 0 saturated carbocycles. The van der Waals surface area contributed by atoms with Crippen molar-refractivity contribution in [2.75, 3.05) is 33.4 Å². The summed E-state index contributed by atoms with van der Waals surface area (Å²) in [5.74, 6) is 2.06. The van der Waals surface area contributed by atoms with E-state index < -0.39 is 0 Å². The zero-order valence-corrected chi connectivity index (χ0v) is 13.8. The molecule has 4 nitrogen and oxygen atoms in total. The Labute approximate surface area is 133 Å². The van der Waals surface area contributed by atoms with Crippen LogP contribution in [-0.2, 0) is 0 Å². The number of hydrogen-bond donors (Lipinski definition) is 1. The first-order chi connectivity index (χ1) is 10.7. The first kappa shape index (κ1) is 16.8. The fraction of sp³-hybridized carbons (Fsp3) is 0.611. The van der Waals surface area contributed by atoms with Gasteiger partial charge in [-0.25, -0.2) is 0 Å². The Kier molecular flexibility index (Phi) is 6.72. The number of carbonyl (C=O) groups excluding carboxylic acids is 1. The molecular weight excluding hydrogens is 278 g/mol. The Bertz CT molecular complexity index is 475. The first-order valence-electron chi connectivity index (χ1n) is 8.33. The quantitative estimate of drug-likeness (QED) is 0.590. The van der Waals surface area contributed by atoms with Crippen molar-refractivity contribution >= 4 is 6.29 Å². The van der Waals surface area contributed by atoms with E-state index in [4.69, 9.17) is 9.47 Å². The van der Waals surface area contributed by atoms with Crippen molar-refractivity contribution in [3.8, 4) is 11.5 Å². The molecule has 1 heterocycles. The van der Waals surface area contributed by atoms with Gasteiger partial charge in [-0.3, -0.25) is 4.79 Å². The van der Waals surface area contributed by atoms with Gasteiger partial charge < -0.3 is 14.4 Å². The average Bonchev–Trinajstić information content (AvgIpc) is 2.54. The molecule has 0 amide bonds. The van der Waals surface area contributed by atoms with Gasteiger partial charge in [-0.1, -0.05) is 13.0 Å². The van der Waals surface area contributed by atoms with Crippen LogP contribution in [0.5, 0.6) is 11.5 Å². The highest BCUT2D eigenvalue weighted by Gasteiger charge is 2.18. The second-order valence-corrected chi connectivity index (χ2v) is 6.25. The van der Waals surface area contributed by atoms with Crippen LogP contribution in [0.3, 0.4) is 0 Å². The minimum Gasteiger partial charge on any atom is -0.493 e. The summed E-state index contributed by atoms with van der Waals surface area (Å²) in [6, 6.07) is 5.38. The van der Waals surface area contributed by atoms with Crippen molar-refractivity contribution in [3.05, 3.63) is 23.8 Å². The van der Waals surface area contributed by atoms with Crippen molar-refractivity contribution in [2.24, 2.45) is 5.92 Å². The summed E-state index contributed by atoms with van der Waals surface area (Å²) in [5.41, 5.74) is 0.551. The first-order valence-corrected chi connectivity index (χ1v) is 8.33. The molecule has 0 aliphatic carbocycles. The molecule has 122 valence electrons. The molecule has 1 aliphatic rings. The second kappa shape index (κ2) is 8.79. The summed E-state index contributed by atoms with van der Waals surface area (Å²) in [7, 11) is 1.59. The number of aldehydes is 1. The predicted octanol–water partition coefficient (Wildman–Crippen LogP) is 1.98. The van der Waals surface area contributed by atoms with Gasteiger partial charge in [0, 0.05) is 5.92 Å². The van der Waals surface area contributed by atoms with Gasteiger partial charge in [0.25, 0.3) is 0 Å². The molecule has 1 N–H and O–H groups in total. The lowest BCUT2D eigenvalue weighted by Gasteiger charge is -2.27. The maximum Gasteiger partial charge on any atom is 0.171 e. The zero-order chi connectivity index (χ0) is 15.8. The number of rotatable bonds is 8. The lowest BCUT2D eigenvalue weighted by molar-refractivity contribution is -0.908. The summed E-state index contributed by atoms with van der Waals surface area (Å²) in [6.45, 7) is 6.82. The minimum atomic E-state index is 0.551. The molecule has 0 spiro atoms. The second-order valence-electron chi connectivity index (χ2n) is 6.25. The summed E-state index contributed by atoms with van der Waals surface area (Å²) in [6.07, 6.45) is 5.73. The number of para-hydroxylation sites is 1. The van der Waals surface area contributed by atoms with Crippen LogP contribution in [0, 0.1) is 5.92 Å². The van der Waals surface area contributed by atoms with Gasteiger partial charge in [-0.15, -0.1) is 0 Å². The molecule has 1 aliphatic heterocycles. The van der Waals surface area contributed by atoms with Crippen molar-refractivity contribution in [2.45, 2.75) is 32.6 Å². The van der Waals surface area contributed by atoms with Crippen LogP contribution in [0.15, 0.2) is 18.2 Å². The summed E-state index contributed by atoms with van der Waals surface area (Å²) in [4.78, 5) is 12.8. The Morgan fingerprint density at radius 1 is 1.36 bits per heavy atom. The number of quaternary nitrogens is 1. The Balaban J connectivity index is 1.73. The molecule has 0 bridgehead atoms. The third kappa shape index (κ3) is 4.73. The van der Waals surface area contributed by atoms with Crippen LogP contribution in [0.1, 0.15) is 43.0 Å². The van der Waals surface area contributed by atoms with E-state index >= 15 is 0 Å². The van der Waals surface area contributed by atoms with Crippen molar-refractivity contribution in [1.82, 2.24) is 0 Å². The summed E-state index contributed by atoms with van der Waals surface area (Å²) < 4.78 is 11.1. The maximum atomic E-state index is 11.1. The molecule has 1 unspecified atom stereocenters. The number of unbranched alkanes of at least 4 members (excludes halogenated alkanes) is 1. The van der Waals surface area contributed by atoms with Gasteiger partial charge in [-0.05, 0) is 37.8 Å². The van der Waals surface area contributed by atoms with Crippen LogP contribution in [-0.4, -0.2) is 39.6 Å². The van der Waals surface area contributed by atoms with Gasteiger partial charge in [0.05, 0.1) is 38.9 Å². The van der Waals surface area contributed by atoms with E-state index in [0.29, 0.717) is 23.7 Å². The standard InChI is InChI=1S/C18H27NO3/c1-15-7-6-11-19(13-15)10-3-4-12-22-18-16(14-20)8-5-9-17(18)21-2/h5,8-9,14-15H,3-4,6-7,10-13H2,1-2H3/p+1/t15-/m1/s1. The van der Waals surface area contributed by atoms with Crippen molar-refractivity contribution in [1.29, 1.82) is 0 Å². The highest BCUT2D eigenvalue weighted by molar-refractivity contribution is 5.81. The number of carbonyl (C=O) groups is 1. The SMILES string of the molecule is COc1cccc(C=O)c1OCCCC[NH+]1CCC[C@@H](C)C1. The zero-order valence-electron chi connectivity index (χ0n) is 13.8. The van der Waals surface area contributed by atoms with Crippen LogP contribution in [0.2, 0.25) is 0 Å². The van der Waals surface area contributed by atoms with E-state index in [0.717, 1.165) is 25.0 Å². The molecule has 0 radical (unpaired) electrons. The van der Waals surface area contributed by atoms with E-state index in [9.17, 15) is 4.79 Å². The number of ether oxygens (including phenoxy) is 2. The predicted molar refractivity (Wildman–Crippen MR) is 87.1 cm³/mol. The van der Waals surface area contributed by atoms with E-state index in [1.165, 1.54) is 32.5 Å². The van der Waals surface area contributed by atoms with Gasteiger partial charge >= 0.3 is 0 Å². The van der Waals surface area contributed by atoms with Crippen LogP contribution in [0.4, 0.5) is 0 Å². The van der Waals surface area contributed by atoms with Gasteiger partial charge in [0.15, 0.2) is 17.8 Å². The van der Waals surface area contributed by atoms with Crippen LogP contribution < -0.4 is 14.4 Å². The molecule has 0 aromatic heterocycles. The molecule has 1 saturated heterocycles. The highest BCUT2D eigenvalue weighted by Crippen LogP contribution is 2.30. The monoisotopic (exact) mass is 306 g/mol. The molecule has 1 aromatic rings. The van der Waals surface area contributed by atoms with Crippen molar-refractivity contribution in [3.63, 3.8) is 0 Å². The lowest BCUT2D eigenvalue weighted by atomic mass is 10.0. The largest absolute Gasteiger partial charge is 0.493 e. The van der Waals surface area contributed by atoms with Crippen LogP contribution in [0.25, 0.3) is 0 Å². The Morgan fingerprint density at radius 3 is 2.95 bits per heavy atom. The Morgan fingerprint density at radius 2 is 2.23 bits per heavy atom. The molecule has 2 atom stereocenters. The highest BCUT2D eigenvalue weighted by atomic mass is 16.5. The fourth-order valence-electron chi connectivity index (χ4n) is 3.22. The number of methoxy groups -OCH3 is 1. The normalized spacial score (nSPS) is 21.4. The van der Waals surface area contributed by atoms with Gasteiger partial charge in [-0.2, -0.15) is 0 Å². The average molecular weight is 306 g/mol. The number of piperidine rings is 1. The lowest BCUT2D eigenvalue weighted by Crippen LogP contribution is -3.13. The molecule has 22 heavy (non-hydrogen) atoms. The van der Waals surface area contributed by atoms with Crippen molar-refractivity contribution < 1.29 is 19.2 Å². The molecular formula is C18H28NO3+. The van der Waals surface area contributed by atoms with Gasteiger partial charge in [0.1, 0.15) is 0 Å². The van der Waals surface area contributed by atoms with E-state index in [1.54, 1.807) is 24.1 Å². The third-order valence-corrected chi connectivity index (χ3v) is 4.39. The fourth-order valence-corrected chi connectivity index (χ4v) is 3.22. The minimum absolute atomic E-state index is 0.551. The Hall–Kier alpha value is -1.55. The molecule has 1 fully saturated rings. The summed E-state index contributed by atoms with van der Waals surface area (Å²) in [5, 5.41) is 0. The number of likely N-dealkylation sites (tertiary alicyclic amines) is 1. The van der Waals surface area contributed by atoms with E-state index in [2.05, 4.69) is 6.92 Å².